The van der Waals surface area contributed by atoms with E-state index in [2.05, 4.69) is 24.9 Å². The molecule has 2 nitrogen and oxygen atoms in total. The first kappa shape index (κ1) is 15.9. The molecule has 1 atom stereocenters. The molecule has 4 heteroatoms. The molecule has 0 aliphatic rings. The second-order valence-corrected chi connectivity index (χ2v) is 5.80. The summed E-state index contributed by atoms with van der Waals surface area (Å²) in [6.07, 6.45) is 2.63. The summed E-state index contributed by atoms with van der Waals surface area (Å²) in [4.78, 5) is 4.49. The van der Waals surface area contributed by atoms with E-state index in [0.717, 1.165) is 12.1 Å². The summed E-state index contributed by atoms with van der Waals surface area (Å²) in [5.41, 5.74) is 2.58. The molecule has 0 fully saturated rings. The van der Waals surface area contributed by atoms with E-state index in [-0.39, 0.29) is 10.8 Å². The Morgan fingerprint density at radius 1 is 1.24 bits per heavy atom. The standard InChI is InChI=1S/C17H17Cl2NO/c1-3-11(2)14-6-4-5-7-16(14)20-10-12-8-13(18)9-15(19)17(12)21/h4-11,21H,3H2,1-2H3/t11-/m0/s1. The average Bonchev–Trinajstić information content (AvgIpc) is 2.49. The van der Waals surface area contributed by atoms with Crippen LogP contribution in [0, 0.1) is 0 Å². The van der Waals surface area contributed by atoms with Crippen molar-refractivity contribution in [2.75, 3.05) is 0 Å². The van der Waals surface area contributed by atoms with Crippen LogP contribution < -0.4 is 0 Å². The van der Waals surface area contributed by atoms with Gasteiger partial charge in [-0.1, -0.05) is 55.2 Å². The number of aromatic hydroxyl groups is 1. The number of nitrogens with zero attached hydrogens (tertiary/aromatic N) is 1. The van der Waals surface area contributed by atoms with Gasteiger partial charge >= 0.3 is 0 Å². The van der Waals surface area contributed by atoms with Gasteiger partial charge in [-0.3, -0.25) is 4.99 Å². The first-order valence-corrected chi connectivity index (χ1v) is 7.59. The Kier molecular flexibility index (Phi) is 5.27. The molecule has 0 unspecified atom stereocenters. The lowest BCUT2D eigenvalue weighted by atomic mass is 9.97. The van der Waals surface area contributed by atoms with Crippen molar-refractivity contribution < 1.29 is 5.11 Å². The van der Waals surface area contributed by atoms with Crippen molar-refractivity contribution in [2.24, 2.45) is 4.99 Å². The molecule has 0 heterocycles. The molecule has 2 rings (SSSR count). The summed E-state index contributed by atoms with van der Waals surface area (Å²) in [7, 11) is 0. The Bertz CT molecular complexity index is 668. The number of phenolic OH excluding ortho intramolecular Hbond substituents is 1. The van der Waals surface area contributed by atoms with Crippen LogP contribution in [0.15, 0.2) is 41.4 Å². The third-order valence-electron chi connectivity index (χ3n) is 3.48. The third-order valence-corrected chi connectivity index (χ3v) is 3.99. The molecule has 0 aliphatic heterocycles. The van der Waals surface area contributed by atoms with Gasteiger partial charge < -0.3 is 5.11 Å². The quantitative estimate of drug-likeness (QED) is 0.692. The summed E-state index contributed by atoms with van der Waals surface area (Å²) in [5, 5.41) is 10.6. The van der Waals surface area contributed by atoms with Crippen LogP contribution in [0.2, 0.25) is 10.0 Å². The Morgan fingerprint density at radius 3 is 2.67 bits per heavy atom. The van der Waals surface area contributed by atoms with Gasteiger partial charge in [-0.25, -0.2) is 0 Å². The van der Waals surface area contributed by atoms with Gasteiger partial charge in [-0.05, 0) is 36.1 Å². The minimum absolute atomic E-state index is 0.00848. The zero-order valence-corrected chi connectivity index (χ0v) is 13.5. The second-order valence-electron chi connectivity index (χ2n) is 4.95. The summed E-state index contributed by atoms with van der Waals surface area (Å²) in [6.45, 7) is 4.32. The molecule has 0 spiro atoms. The highest BCUT2D eigenvalue weighted by Gasteiger charge is 2.09. The lowest BCUT2D eigenvalue weighted by Crippen LogP contribution is -1.92. The van der Waals surface area contributed by atoms with Crippen molar-refractivity contribution in [3.05, 3.63) is 57.6 Å². The molecule has 110 valence electrons. The fraction of sp³-hybridized carbons (Fsp3) is 0.235. The van der Waals surface area contributed by atoms with Crippen LogP contribution in [0.3, 0.4) is 0 Å². The number of para-hydroxylation sites is 1. The van der Waals surface area contributed by atoms with E-state index in [1.165, 1.54) is 11.6 Å². The van der Waals surface area contributed by atoms with Crippen LogP contribution >= 0.6 is 23.2 Å². The first-order valence-electron chi connectivity index (χ1n) is 6.84. The lowest BCUT2D eigenvalue weighted by molar-refractivity contribution is 0.475. The number of halogens is 2. The van der Waals surface area contributed by atoms with Crippen LogP contribution in [-0.2, 0) is 0 Å². The Labute approximate surface area is 135 Å². The zero-order chi connectivity index (χ0) is 15.4. The molecule has 0 aromatic heterocycles. The fourth-order valence-corrected chi connectivity index (χ4v) is 2.57. The summed E-state index contributed by atoms with van der Waals surface area (Å²) in [5.74, 6) is 0.417. The summed E-state index contributed by atoms with van der Waals surface area (Å²) < 4.78 is 0. The molecule has 2 aromatic carbocycles. The summed E-state index contributed by atoms with van der Waals surface area (Å²) in [6, 6.07) is 11.1. The van der Waals surface area contributed by atoms with Gasteiger partial charge in [0.1, 0.15) is 5.75 Å². The van der Waals surface area contributed by atoms with Crippen molar-refractivity contribution in [1.29, 1.82) is 0 Å². The number of phenols is 1. The summed E-state index contributed by atoms with van der Waals surface area (Å²) >= 11 is 11.9. The van der Waals surface area contributed by atoms with Crippen molar-refractivity contribution >= 4 is 35.1 Å². The van der Waals surface area contributed by atoms with Gasteiger partial charge in [0.05, 0.1) is 10.7 Å². The van der Waals surface area contributed by atoms with Gasteiger partial charge in [-0.15, -0.1) is 0 Å². The number of aliphatic imine (C=N–C) groups is 1. The van der Waals surface area contributed by atoms with Crippen LogP contribution in [0.1, 0.15) is 37.3 Å². The van der Waals surface area contributed by atoms with E-state index < -0.39 is 0 Å². The predicted molar refractivity (Wildman–Crippen MR) is 90.5 cm³/mol. The number of benzene rings is 2. The van der Waals surface area contributed by atoms with E-state index in [0.29, 0.717) is 16.5 Å². The maximum Gasteiger partial charge on any atom is 0.143 e. The van der Waals surface area contributed by atoms with Gasteiger partial charge in [0.15, 0.2) is 0 Å². The van der Waals surface area contributed by atoms with Crippen LogP contribution in [0.5, 0.6) is 5.75 Å². The average molecular weight is 322 g/mol. The topological polar surface area (TPSA) is 32.6 Å². The normalized spacial score (nSPS) is 12.8. The minimum Gasteiger partial charge on any atom is -0.506 e. The van der Waals surface area contributed by atoms with E-state index >= 15 is 0 Å². The predicted octanol–water partition coefficient (Wildman–Crippen LogP) is 5.96. The largest absolute Gasteiger partial charge is 0.506 e. The third kappa shape index (κ3) is 3.78. The van der Waals surface area contributed by atoms with Gasteiger partial charge in [0, 0.05) is 16.8 Å². The Morgan fingerprint density at radius 2 is 1.95 bits per heavy atom. The lowest BCUT2D eigenvalue weighted by Gasteiger charge is -2.11. The molecule has 0 radical (unpaired) electrons. The molecule has 0 saturated carbocycles. The maximum atomic E-state index is 9.94. The molecule has 0 aliphatic carbocycles. The second kappa shape index (κ2) is 6.97. The highest BCUT2D eigenvalue weighted by atomic mass is 35.5. The van der Waals surface area contributed by atoms with Crippen LogP contribution in [0.25, 0.3) is 0 Å². The molecule has 1 N–H and O–H groups in total. The highest BCUT2D eigenvalue weighted by Crippen LogP contribution is 2.32. The van der Waals surface area contributed by atoms with Crippen molar-refractivity contribution in [3.63, 3.8) is 0 Å². The molecule has 21 heavy (non-hydrogen) atoms. The number of hydrogen-bond acceptors (Lipinski definition) is 2. The Hall–Kier alpha value is -1.51. The SMILES string of the molecule is CC[C@H](C)c1ccccc1N=Cc1cc(Cl)cc(Cl)c1O. The molecule has 0 saturated heterocycles. The molecular weight excluding hydrogens is 305 g/mol. The fourth-order valence-electron chi connectivity index (χ4n) is 2.07. The number of rotatable bonds is 4. The van der Waals surface area contributed by atoms with Crippen molar-refractivity contribution in [2.45, 2.75) is 26.2 Å². The van der Waals surface area contributed by atoms with Gasteiger partial charge in [0.25, 0.3) is 0 Å². The Balaban J connectivity index is 2.39. The maximum absolute atomic E-state index is 9.94. The van der Waals surface area contributed by atoms with Gasteiger partial charge in [-0.2, -0.15) is 0 Å². The number of hydrogen-bond donors (Lipinski definition) is 1. The zero-order valence-electron chi connectivity index (χ0n) is 12.0. The van der Waals surface area contributed by atoms with Gasteiger partial charge in [0.2, 0.25) is 0 Å². The minimum atomic E-state index is -0.00848. The van der Waals surface area contributed by atoms with Crippen molar-refractivity contribution in [3.8, 4) is 5.75 Å². The molecule has 0 amide bonds. The first-order chi connectivity index (χ1) is 10.0. The van der Waals surface area contributed by atoms with E-state index in [1.807, 2.05) is 18.2 Å². The van der Waals surface area contributed by atoms with E-state index in [4.69, 9.17) is 23.2 Å². The smallest absolute Gasteiger partial charge is 0.143 e. The molecule has 0 bridgehead atoms. The van der Waals surface area contributed by atoms with Crippen LogP contribution in [-0.4, -0.2) is 11.3 Å². The molecule has 2 aromatic rings. The highest BCUT2D eigenvalue weighted by molar-refractivity contribution is 6.36. The van der Waals surface area contributed by atoms with Crippen LogP contribution in [0.4, 0.5) is 5.69 Å². The van der Waals surface area contributed by atoms with E-state index in [1.54, 1.807) is 12.3 Å². The van der Waals surface area contributed by atoms with E-state index in [9.17, 15) is 5.11 Å². The molecular formula is C17H17Cl2NO. The van der Waals surface area contributed by atoms with Crippen molar-refractivity contribution in [1.82, 2.24) is 0 Å². The monoisotopic (exact) mass is 321 g/mol.